The first-order valence-corrected chi connectivity index (χ1v) is 7.98. The average Bonchev–Trinajstić information content (AvgIpc) is 3.06. The minimum Gasteiger partial charge on any atom is -0.371 e. The second-order valence-electron chi connectivity index (χ2n) is 5.63. The van der Waals surface area contributed by atoms with E-state index in [1.807, 2.05) is 17.8 Å². The number of pyridine rings is 1. The fraction of sp³-hybridized carbons (Fsp3) is 0.438. The summed E-state index contributed by atoms with van der Waals surface area (Å²) in [4.78, 5) is 16.0. The van der Waals surface area contributed by atoms with Crippen molar-refractivity contribution in [3.8, 4) is 0 Å². The number of rotatable bonds is 4. The number of anilines is 1. The molecule has 2 atom stereocenters. The summed E-state index contributed by atoms with van der Waals surface area (Å²) < 4.78 is 20.5. The van der Waals surface area contributed by atoms with Gasteiger partial charge >= 0.3 is 6.03 Å². The van der Waals surface area contributed by atoms with E-state index in [9.17, 15) is 9.18 Å². The van der Waals surface area contributed by atoms with E-state index in [0.29, 0.717) is 12.4 Å². The molecule has 2 aromatic rings. The largest absolute Gasteiger partial charge is 0.371 e. The molecule has 0 bridgehead atoms. The SMILES string of the molecule is CCn1cc([C@H]2OCCC[C@@H]2NC(=O)Nc2ccc(F)cn2)cn1. The molecule has 24 heavy (non-hydrogen) atoms. The van der Waals surface area contributed by atoms with Crippen LogP contribution in [-0.4, -0.2) is 33.4 Å². The monoisotopic (exact) mass is 333 g/mol. The molecule has 2 amide bonds. The summed E-state index contributed by atoms with van der Waals surface area (Å²) in [6, 6.07) is 2.11. The van der Waals surface area contributed by atoms with E-state index in [0.717, 1.165) is 31.1 Å². The van der Waals surface area contributed by atoms with Crippen molar-refractivity contribution in [3.63, 3.8) is 0 Å². The minimum absolute atomic E-state index is 0.159. The lowest BCUT2D eigenvalue weighted by Gasteiger charge is -2.31. The van der Waals surface area contributed by atoms with Gasteiger partial charge in [0.2, 0.25) is 0 Å². The molecule has 3 rings (SSSR count). The summed E-state index contributed by atoms with van der Waals surface area (Å²) in [6.45, 7) is 3.44. The number of carbonyl (C=O) groups excluding carboxylic acids is 1. The van der Waals surface area contributed by atoms with Crippen LogP contribution in [0.1, 0.15) is 31.4 Å². The van der Waals surface area contributed by atoms with E-state index in [1.165, 1.54) is 12.1 Å². The normalized spacial score (nSPS) is 20.6. The Morgan fingerprint density at radius 2 is 2.33 bits per heavy atom. The topological polar surface area (TPSA) is 81.1 Å². The molecule has 1 fully saturated rings. The van der Waals surface area contributed by atoms with E-state index in [-0.39, 0.29) is 12.1 Å². The van der Waals surface area contributed by atoms with E-state index in [1.54, 1.807) is 6.20 Å². The highest BCUT2D eigenvalue weighted by Gasteiger charge is 2.29. The van der Waals surface area contributed by atoms with Crippen LogP contribution < -0.4 is 10.6 Å². The van der Waals surface area contributed by atoms with Crippen LogP contribution in [0.4, 0.5) is 15.0 Å². The van der Waals surface area contributed by atoms with Gasteiger partial charge in [-0.05, 0) is 31.9 Å². The smallest absolute Gasteiger partial charge is 0.320 e. The Morgan fingerprint density at radius 1 is 1.46 bits per heavy atom. The number of amides is 2. The van der Waals surface area contributed by atoms with Crippen LogP contribution in [0.3, 0.4) is 0 Å². The van der Waals surface area contributed by atoms with E-state index < -0.39 is 11.8 Å². The fourth-order valence-electron chi connectivity index (χ4n) is 2.73. The predicted molar refractivity (Wildman–Crippen MR) is 86.0 cm³/mol. The third kappa shape index (κ3) is 3.88. The van der Waals surface area contributed by atoms with Crippen LogP contribution in [0, 0.1) is 5.82 Å². The molecule has 1 saturated heterocycles. The van der Waals surface area contributed by atoms with E-state index >= 15 is 0 Å². The molecule has 1 aliphatic heterocycles. The van der Waals surface area contributed by atoms with E-state index in [4.69, 9.17) is 4.74 Å². The third-order valence-corrected chi connectivity index (χ3v) is 3.91. The molecule has 0 aromatic carbocycles. The van der Waals surface area contributed by atoms with Crippen LogP contribution in [0.15, 0.2) is 30.7 Å². The Bertz CT molecular complexity index is 688. The van der Waals surface area contributed by atoms with Gasteiger partial charge in [0.05, 0.1) is 18.4 Å². The Labute approximate surface area is 139 Å². The summed E-state index contributed by atoms with van der Waals surface area (Å²) in [7, 11) is 0. The number of hydrogen-bond acceptors (Lipinski definition) is 4. The van der Waals surface area contributed by atoms with Gasteiger partial charge in [-0.25, -0.2) is 14.2 Å². The molecule has 8 heteroatoms. The molecule has 0 saturated carbocycles. The number of aryl methyl sites for hydroxylation is 1. The molecule has 0 radical (unpaired) electrons. The zero-order chi connectivity index (χ0) is 16.9. The number of carbonyl (C=O) groups is 1. The molecule has 0 spiro atoms. The number of ether oxygens (including phenoxy) is 1. The van der Waals surface area contributed by atoms with Crippen LogP contribution in [0.25, 0.3) is 0 Å². The maximum absolute atomic E-state index is 12.9. The van der Waals surface area contributed by atoms with Gasteiger partial charge in [-0.2, -0.15) is 5.10 Å². The molecular formula is C16H20FN5O2. The molecule has 2 N–H and O–H groups in total. The average molecular weight is 333 g/mol. The first-order chi connectivity index (χ1) is 11.7. The molecule has 0 aliphatic carbocycles. The second-order valence-corrected chi connectivity index (χ2v) is 5.63. The number of halogens is 1. The second kappa shape index (κ2) is 7.39. The van der Waals surface area contributed by atoms with Crippen molar-refractivity contribution in [2.75, 3.05) is 11.9 Å². The highest BCUT2D eigenvalue weighted by atomic mass is 19.1. The van der Waals surface area contributed by atoms with Crippen LogP contribution in [-0.2, 0) is 11.3 Å². The maximum Gasteiger partial charge on any atom is 0.320 e. The minimum atomic E-state index is -0.449. The summed E-state index contributed by atoms with van der Waals surface area (Å²) >= 11 is 0. The number of nitrogens with one attached hydrogen (secondary N) is 2. The lowest BCUT2D eigenvalue weighted by molar-refractivity contribution is -0.00701. The van der Waals surface area contributed by atoms with Crippen LogP contribution in [0.2, 0.25) is 0 Å². The Hall–Kier alpha value is -2.48. The predicted octanol–water partition coefficient (Wildman–Crippen LogP) is 2.48. The molecule has 7 nitrogen and oxygen atoms in total. The number of urea groups is 1. The standard InChI is InChI=1S/C16H20FN5O2/c1-2-22-10-11(8-19-22)15-13(4-3-7-24-15)20-16(23)21-14-6-5-12(17)9-18-14/h5-6,8-10,13,15H,2-4,7H2,1H3,(H2,18,20,21,23)/t13-,15+/m0/s1. The Kier molecular flexibility index (Phi) is 5.05. The van der Waals surface area contributed by atoms with Gasteiger partial charge < -0.3 is 10.1 Å². The van der Waals surface area contributed by atoms with Crippen molar-refractivity contribution < 1.29 is 13.9 Å². The summed E-state index contributed by atoms with van der Waals surface area (Å²) in [5.74, 6) is -0.157. The molecule has 0 unspecified atom stereocenters. The third-order valence-electron chi connectivity index (χ3n) is 3.91. The summed E-state index contributed by atoms with van der Waals surface area (Å²) in [5, 5.41) is 9.77. The number of nitrogens with zero attached hydrogens (tertiary/aromatic N) is 3. The molecule has 2 aromatic heterocycles. The van der Waals surface area contributed by atoms with Crippen LogP contribution in [0.5, 0.6) is 0 Å². The van der Waals surface area contributed by atoms with Crippen molar-refractivity contribution in [1.29, 1.82) is 0 Å². The number of hydrogen-bond donors (Lipinski definition) is 2. The first-order valence-electron chi connectivity index (χ1n) is 7.98. The first kappa shape index (κ1) is 16.4. The van der Waals surface area contributed by atoms with Crippen molar-refractivity contribution in [1.82, 2.24) is 20.1 Å². The van der Waals surface area contributed by atoms with Gasteiger partial charge in [0.15, 0.2) is 0 Å². The van der Waals surface area contributed by atoms with Gasteiger partial charge in [0, 0.05) is 24.9 Å². The fourth-order valence-corrected chi connectivity index (χ4v) is 2.73. The van der Waals surface area contributed by atoms with Gasteiger partial charge in [0.25, 0.3) is 0 Å². The van der Waals surface area contributed by atoms with Gasteiger partial charge in [-0.15, -0.1) is 0 Å². The summed E-state index contributed by atoms with van der Waals surface area (Å²) in [5.41, 5.74) is 0.946. The van der Waals surface area contributed by atoms with Gasteiger partial charge in [0.1, 0.15) is 17.7 Å². The van der Waals surface area contributed by atoms with Crippen molar-refractivity contribution >= 4 is 11.8 Å². The lowest BCUT2D eigenvalue weighted by Crippen LogP contribution is -2.44. The van der Waals surface area contributed by atoms with Crippen molar-refractivity contribution in [3.05, 3.63) is 42.1 Å². The van der Waals surface area contributed by atoms with Crippen molar-refractivity contribution in [2.45, 2.75) is 38.5 Å². The molecular weight excluding hydrogens is 313 g/mol. The lowest BCUT2D eigenvalue weighted by atomic mass is 9.98. The highest BCUT2D eigenvalue weighted by Crippen LogP contribution is 2.28. The Morgan fingerprint density at radius 3 is 3.04 bits per heavy atom. The zero-order valence-corrected chi connectivity index (χ0v) is 13.4. The quantitative estimate of drug-likeness (QED) is 0.901. The maximum atomic E-state index is 12.9. The summed E-state index contributed by atoms with van der Waals surface area (Å²) in [6.07, 6.45) is 6.22. The van der Waals surface area contributed by atoms with Gasteiger partial charge in [-0.3, -0.25) is 10.00 Å². The van der Waals surface area contributed by atoms with Crippen LogP contribution >= 0.6 is 0 Å². The molecule has 3 heterocycles. The van der Waals surface area contributed by atoms with Crippen molar-refractivity contribution in [2.24, 2.45) is 0 Å². The molecule has 128 valence electrons. The number of aromatic nitrogens is 3. The van der Waals surface area contributed by atoms with Gasteiger partial charge in [-0.1, -0.05) is 0 Å². The highest BCUT2D eigenvalue weighted by molar-refractivity contribution is 5.88. The molecule has 1 aliphatic rings. The van der Waals surface area contributed by atoms with E-state index in [2.05, 4.69) is 20.7 Å². The Balaban J connectivity index is 1.64. The zero-order valence-electron chi connectivity index (χ0n) is 13.4.